The molecule has 0 saturated heterocycles. The molecule has 0 aromatic heterocycles. The Kier molecular flexibility index (Phi) is 12.8. The van der Waals surface area contributed by atoms with Crippen molar-refractivity contribution in [2.45, 2.75) is 40.5 Å². The van der Waals surface area contributed by atoms with Gasteiger partial charge in [0.1, 0.15) is 28.6 Å². The van der Waals surface area contributed by atoms with Gasteiger partial charge in [-0.2, -0.15) is 0 Å². The quantitative estimate of drug-likeness (QED) is 0.313. The van der Waals surface area contributed by atoms with E-state index in [2.05, 4.69) is 27.7 Å². The van der Waals surface area contributed by atoms with Crippen molar-refractivity contribution in [2.75, 3.05) is 27.4 Å². The van der Waals surface area contributed by atoms with Crippen LogP contribution in [0, 0.1) is 11.8 Å². The Labute approximate surface area is 206 Å². The van der Waals surface area contributed by atoms with Crippen LogP contribution in [0.1, 0.15) is 50.9 Å². The van der Waals surface area contributed by atoms with Crippen LogP contribution < -0.4 is 24.3 Å². The minimum atomic E-state index is -0.126. The molecule has 0 N–H and O–H groups in total. The second kappa shape index (κ2) is 14.5. The van der Waals surface area contributed by atoms with E-state index in [-0.39, 0.29) is 33.0 Å². The van der Waals surface area contributed by atoms with Gasteiger partial charge < -0.3 is 18.9 Å². The van der Waals surface area contributed by atoms with Gasteiger partial charge in [-0.25, -0.2) is 0 Å². The topological polar surface area (TPSA) is 54.0 Å². The van der Waals surface area contributed by atoms with Crippen LogP contribution in [0.5, 0.6) is 23.0 Å². The number of rotatable bonds is 13. The summed E-state index contributed by atoms with van der Waals surface area (Å²) in [6, 6.07) is 11.1. The zero-order valence-electron chi connectivity index (χ0n) is 19.5. The second-order valence-corrected chi connectivity index (χ2v) is 9.45. The molecule has 32 heavy (non-hydrogen) atoms. The number of carbonyl (C=O) groups excluding carboxylic acids is 1. The molecular formula is C25H36LiO5P. The monoisotopic (exact) mass is 454 g/mol. The Bertz CT molecular complexity index is 832. The number of ether oxygens (including phenoxy) is 4. The van der Waals surface area contributed by atoms with Crippen LogP contribution in [0.15, 0.2) is 36.4 Å². The van der Waals surface area contributed by atoms with E-state index in [1.165, 1.54) is 0 Å². The zero-order chi connectivity index (χ0) is 22.8. The van der Waals surface area contributed by atoms with Crippen molar-refractivity contribution in [1.82, 2.24) is 0 Å². The second-order valence-electron chi connectivity index (χ2n) is 8.21. The van der Waals surface area contributed by atoms with Crippen LogP contribution in [0.3, 0.4) is 0 Å². The van der Waals surface area contributed by atoms with Gasteiger partial charge in [0.25, 0.3) is 0 Å². The molecule has 0 aliphatic rings. The van der Waals surface area contributed by atoms with E-state index < -0.39 is 0 Å². The third-order valence-electron chi connectivity index (χ3n) is 4.77. The van der Waals surface area contributed by atoms with Gasteiger partial charge in [-0.3, -0.25) is 4.79 Å². The molecule has 0 spiro atoms. The summed E-state index contributed by atoms with van der Waals surface area (Å²) >= 11 is 0. The number of benzene rings is 2. The molecule has 0 aliphatic heterocycles. The van der Waals surface area contributed by atoms with Crippen molar-refractivity contribution in [3.05, 3.63) is 42.0 Å². The predicted octanol–water partition coefficient (Wildman–Crippen LogP) is 5.05. The van der Waals surface area contributed by atoms with Crippen molar-refractivity contribution < 1.29 is 23.7 Å². The van der Waals surface area contributed by atoms with Crippen LogP contribution in [-0.4, -0.2) is 51.8 Å². The van der Waals surface area contributed by atoms with Crippen molar-refractivity contribution >= 4 is 38.3 Å². The van der Waals surface area contributed by atoms with Crippen molar-refractivity contribution in [1.29, 1.82) is 0 Å². The molecule has 2 aromatic rings. The number of hydrogen-bond donors (Lipinski definition) is 0. The third-order valence-corrected chi connectivity index (χ3v) is 5.93. The van der Waals surface area contributed by atoms with Crippen LogP contribution in [0.2, 0.25) is 0 Å². The van der Waals surface area contributed by atoms with Gasteiger partial charge in [0.05, 0.1) is 27.4 Å². The van der Waals surface area contributed by atoms with Gasteiger partial charge in [0, 0.05) is 11.4 Å². The Morgan fingerprint density at radius 2 is 1.41 bits per heavy atom. The molecule has 172 valence electrons. The van der Waals surface area contributed by atoms with Crippen molar-refractivity contribution in [3.8, 4) is 23.0 Å². The molecule has 2 rings (SSSR count). The maximum absolute atomic E-state index is 13.2. The molecule has 0 radical (unpaired) electrons. The average molecular weight is 454 g/mol. The van der Waals surface area contributed by atoms with Crippen LogP contribution in [0.25, 0.3) is 0 Å². The molecule has 0 fully saturated rings. The van der Waals surface area contributed by atoms with Gasteiger partial charge in [-0.05, 0) is 57.5 Å². The summed E-state index contributed by atoms with van der Waals surface area (Å²) in [6.07, 6.45) is 1.92. The fourth-order valence-electron chi connectivity index (χ4n) is 2.89. The van der Waals surface area contributed by atoms with E-state index in [9.17, 15) is 4.79 Å². The molecule has 0 aliphatic carbocycles. The fraction of sp³-hybridized carbons (Fsp3) is 0.480. The SMILES string of the molecule is COc1cccc(OC)c1C(=O)Pc1ccc(OCCC(C)C)cc1OCCC(C)C.[LiH]. The first-order valence-electron chi connectivity index (χ1n) is 10.8. The Morgan fingerprint density at radius 3 is 1.94 bits per heavy atom. The van der Waals surface area contributed by atoms with E-state index in [1.54, 1.807) is 32.4 Å². The van der Waals surface area contributed by atoms with Crippen LogP contribution >= 0.6 is 8.58 Å². The fourth-order valence-corrected chi connectivity index (χ4v) is 3.94. The number of hydrogen-bond acceptors (Lipinski definition) is 5. The van der Waals surface area contributed by atoms with E-state index in [4.69, 9.17) is 18.9 Å². The maximum atomic E-state index is 13.2. The summed E-state index contributed by atoms with van der Waals surface area (Å²) in [5.74, 6) is 3.59. The van der Waals surface area contributed by atoms with Crippen LogP contribution in [-0.2, 0) is 0 Å². The van der Waals surface area contributed by atoms with Gasteiger partial charge in [-0.1, -0.05) is 33.8 Å². The first-order valence-corrected chi connectivity index (χ1v) is 11.8. The average Bonchev–Trinajstić information content (AvgIpc) is 2.74. The summed E-state index contributed by atoms with van der Waals surface area (Å²) < 4.78 is 22.8. The molecule has 0 amide bonds. The van der Waals surface area contributed by atoms with Gasteiger partial charge in [-0.15, -0.1) is 0 Å². The van der Waals surface area contributed by atoms with Crippen LogP contribution in [0.4, 0.5) is 0 Å². The van der Waals surface area contributed by atoms with Crippen molar-refractivity contribution in [2.24, 2.45) is 11.8 Å². The first-order chi connectivity index (χ1) is 14.8. The van der Waals surface area contributed by atoms with Gasteiger partial charge in [0.15, 0.2) is 5.52 Å². The summed E-state index contributed by atoms with van der Waals surface area (Å²) in [4.78, 5) is 13.2. The van der Waals surface area contributed by atoms with E-state index >= 15 is 0 Å². The molecule has 0 saturated carbocycles. The normalized spacial score (nSPS) is 11.0. The summed E-state index contributed by atoms with van der Waals surface area (Å²) in [6.45, 7) is 9.92. The Hall–Kier alpha value is -1.66. The molecule has 1 unspecified atom stereocenters. The van der Waals surface area contributed by atoms with E-state index in [1.807, 2.05) is 18.2 Å². The third kappa shape index (κ3) is 8.70. The number of methoxy groups -OCH3 is 2. The van der Waals surface area contributed by atoms with Gasteiger partial charge in [0.2, 0.25) is 0 Å². The molecule has 0 bridgehead atoms. The minimum absolute atomic E-state index is 0. The molecule has 5 nitrogen and oxygen atoms in total. The molecule has 0 heterocycles. The standard InChI is InChI=1S/C25H35O5P.Li.H/c1-17(2)12-14-29-19-10-11-23(22(16-19)30-15-13-18(3)4)31-25(26)24-20(27-5)8-7-9-21(24)28-6;;/h7-11,16-18,31H,12-15H2,1-6H3;;. The van der Waals surface area contributed by atoms with E-state index in [0.717, 1.165) is 23.9 Å². The zero-order valence-corrected chi connectivity index (χ0v) is 20.5. The molecule has 7 heteroatoms. The van der Waals surface area contributed by atoms with E-state index in [0.29, 0.717) is 47.9 Å². The Morgan fingerprint density at radius 1 is 0.844 bits per heavy atom. The Balaban J connectivity index is 0.00000512. The molecule has 1 atom stereocenters. The van der Waals surface area contributed by atoms with Crippen molar-refractivity contribution in [3.63, 3.8) is 0 Å². The van der Waals surface area contributed by atoms with Gasteiger partial charge >= 0.3 is 18.9 Å². The summed E-state index contributed by atoms with van der Waals surface area (Å²) in [5.41, 5.74) is 0.396. The first kappa shape index (κ1) is 28.4. The molecule has 2 aromatic carbocycles. The molecular weight excluding hydrogens is 418 g/mol. The number of carbonyl (C=O) groups is 1. The predicted molar refractivity (Wildman–Crippen MR) is 135 cm³/mol. The summed E-state index contributed by atoms with van der Waals surface area (Å²) in [5, 5.41) is 0.845. The summed E-state index contributed by atoms with van der Waals surface area (Å²) in [7, 11) is 2.98.